The molecule has 0 amide bonds. The van der Waals surface area contributed by atoms with Gasteiger partial charge in [0.05, 0.1) is 6.61 Å². The number of hydrogen-bond acceptors (Lipinski definition) is 3. The molecule has 1 saturated heterocycles. The van der Waals surface area contributed by atoms with Gasteiger partial charge in [0.1, 0.15) is 5.82 Å². The monoisotopic (exact) mass is 238 g/mol. The maximum Gasteiger partial charge on any atom is 0.125 e. The number of nitrogens with one attached hydrogen (secondary N) is 1. The number of anilines is 1. The molecular weight excluding hydrogens is 219 g/mol. The van der Waals surface area contributed by atoms with Gasteiger partial charge in [-0.25, -0.2) is 4.39 Å². The Morgan fingerprint density at radius 2 is 2.29 bits per heavy atom. The van der Waals surface area contributed by atoms with Crippen LogP contribution in [0.15, 0.2) is 24.3 Å². The van der Waals surface area contributed by atoms with Crippen LogP contribution in [-0.2, 0) is 0 Å². The number of aliphatic hydroxyl groups is 1. The van der Waals surface area contributed by atoms with Crippen LogP contribution in [0.4, 0.5) is 10.1 Å². The average Bonchev–Trinajstić information content (AvgIpc) is 2.51. The maximum atomic E-state index is 13.2. The Kier molecular flexibility index (Phi) is 3.97. The molecule has 0 radical (unpaired) electrons. The molecule has 1 aromatic carbocycles. The van der Waals surface area contributed by atoms with E-state index in [-0.39, 0.29) is 18.5 Å². The molecule has 2 rings (SSSR count). The summed E-state index contributed by atoms with van der Waals surface area (Å²) in [6.07, 6.45) is 0. The number of aliphatic hydroxyl groups excluding tert-OH is 1. The Morgan fingerprint density at radius 3 is 3.00 bits per heavy atom. The van der Waals surface area contributed by atoms with Crippen LogP contribution >= 0.6 is 0 Å². The molecular formula is C13H19FN2O. The van der Waals surface area contributed by atoms with Gasteiger partial charge in [-0.2, -0.15) is 0 Å². The zero-order valence-corrected chi connectivity index (χ0v) is 10.1. The number of rotatable bonds is 2. The van der Waals surface area contributed by atoms with Crippen molar-refractivity contribution in [3.63, 3.8) is 0 Å². The van der Waals surface area contributed by atoms with E-state index in [1.807, 2.05) is 6.07 Å². The molecule has 0 aliphatic carbocycles. The molecule has 1 aliphatic rings. The van der Waals surface area contributed by atoms with Gasteiger partial charge in [-0.3, -0.25) is 0 Å². The molecule has 0 aromatic heterocycles. The van der Waals surface area contributed by atoms with Crippen molar-refractivity contribution in [1.82, 2.24) is 5.32 Å². The number of nitrogens with zero attached hydrogens (tertiary/aromatic N) is 1. The molecule has 1 aliphatic heterocycles. The second-order valence-electron chi connectivity index (χ2n) is 4.78. The summed E-state index contributed by atoms with van der Waals surface area (Å²) >= 11 is 0. The molecule has 1 fully saturated rings. The van der Waals surface area contributed by atoms with Crippen LogP contribution in [0.3, 0.4) is 0 Å². The first kappa shape index (κ1) is 12.3. The first-order valence-corrected chi connectivity index (χ1v) is 6.04. The minimum Gasteiger partial charge on any atom is -0.395 e. The fraction of sp³-hybridized carbons (Fsp3) is 0.538. The lowest BCUT2D eigenvalue weighted by Crippen LogP contribution is -2.40. The van der Waals surface area contributed by atoms with Crippen LogP contribution in [0, 0.1) is 11.7 Å². The van der Waals surface area contributed by atoms with Gasteiger partial charge >= 0.3 is 0 Å². The van der Waals surface area contributed by atoms with Crippen molar-refractivity contribution in [2.24, 2.45) is 5.92 Å². The highest BCUT2D eigenvalue weighted by Gasteiger charge is 2.21. The third-order valence-corrected chi connectivity index (χ3v) is 3.12. The Hall–Kier alpha value is -1.13. The van der Waals surface area contributed by atoms with E-state index in [1.165, 1.54) is 6.07 Å². The Labute approximate surface area is 101 Å². The van der Waals surface area contributed by atoms with Gasteiger partial charge in [-0.15, -0.1) is 0 Å². The van der Waals surface area contributed by atoms with Crippen molar-refractivity contribution in [1.29, 1.82) is 0 Å². The van der Waals surface area contributed by atoms with Crippen molar-refractivity contribution in [2.45, 2.75) is 13.0 Å². The third-order valence-electron chi connectivity index (χ3n) is 3.12. The minimum atomic E-state index is -0.215. The second kappa shape index (κ2) is 5.47. The molecule has 2 unspecified atom stereocenters. The Balaban J connectivity index is 2.17. The van der Waals surface area contributed by atoms with Gasteiger partial charge in [0.15, 0.2) is 0 Å². The second-order valence-corrected chi connectivity index (χ2v) is 4.78. The van der Waals surface area contributed by atoms with Crippen LogP contribution in [0.25, 0.3) is 0 Å². The molecule has 17 heavy (non-hydrogen) atoms. The maximum absolute atomic E-state index is 13.2. The molecule has 2 atom stereocenters. The van der Waals surface area contributed by atoms with Gasteiger partial charge in [0.2, 0.25) is 0 Å². The molecule has 0 saturated carbocycles. The van der Waals surface area contributed by atoms with E-state index in [0.717, 1.165) is 18.8 Å². The molecule has 1 heterocycles. The summed E-state index contributed by atoms with van der Waals surface area (Å²) in [7, 11) is 0. The zero-order chi connectivity index (χ0) is 12.3. The van der Waals surface area contributed by atoms with Crippen LogP contribution in [0.1, 0.15) is 6.92 Å². The standard InChI is InChI=1S/C13H19FN2O/c1-10-6-15-12(9-17)8-16(7-10)13-4-2-3-11(14)5-13/h2-5,10,12,15,17H,6-9H2,1H3. The summed E-state index contributed by atoms with van der Waals surface area (Å²) in [4.78, 5) is 2.13. The SMILES string of the molecule is CC1CNC(CO)CN(c2cccc(F)c2)C1. The molecule has 1 aromatic rings. The van der Waals surface area contributed by atoms with Gasteiger partial charge in [0.25, 0.3) is 0 Å². The van der Waals surface area contributed by atoms with E-state index >= 15 is 0 Å². The first-order chi connectivity index (χ1) is 8.19. The largest absolute Gasteiger partial charge is 0.395 e. The van der Waals surface area contributed by atoms with Gasteiger partial charge in [-0.05, 0) is 30.7 Å². The van der Waals surface area contributed by atoms with E-state index in [2.05, 4.69) is 17.1 Å². The lowest BCUT2D eigenvalue weighted by Gasteiger charge is -2.26. The smallest absolute Gasteiger partial charge is 0.125 e. The van der Waals surface area contributed by atoms with Crippen LogP contribution in [0.2, 0.25) is 0 Å². The van der Waals surface area contributed by atoms with Crippen LogP contribution in [0.5, 0.6) is 0 Å². The van der Waals surface area contributed by atoms with Crippen molar-refractivity contribution in [3.05, 3.63) is 30.1 Å². The van der Waals surface area contributed by atoms with E-state index < -0.39 is 0 Å². The lowest BCUT2D eigenvalue weighted by molar-refractivity contribution is 0.247. The fourth-order valence-corrected chi connectivity index (χ4v) is 2.22. The molecule has 0 bridgehead atoms. The summed E-state index contributed by atoms with van der Waals surface area (Å²) in [6, 6.07) is 6.69. The topological polar surface area (TPSA) is 35.5 Å². The highest BCUT2D eigenvalue weighted by atomic mass is 19.1. The first-order valence-electron chi connectivity index (χ1n) is 6.04. The number of halogens is 1. The summed E-state index contributed by atoms with van der Waals surface area (Å²) in [5.74, 6) is 0.266. The summed E-state index contributed by atoms with van der Waals surface area (Å²) < 4.78 is 13.2. The van der Waals surface area contributed by atoms with E-state index in [1.54, 1.807) is 12.1 Å². The highest BCUT2D eigenvalue weighted by Crippen LogP contribution is 2.19. The molecule has 0 spiro atoms. The quantitative estimate of drug-likeness (QED) is 0.813. The summed E-state index contributed by atoms with van der Waals surface area (Å²) in [6.45, 7) is 4.74. The highest BCUT2D eigenvalue weighted by molar-refractivity contribution is 5.47. The fourth-order valence-electron chi connectivity index (χ4n) is 2.22. The van der Waals surface area contributed by atoms with E-state index in [4.69, 9.17) is 0 Å². The van der Waals surface area contributed by atoms with E-state index in [0.29, 0.717) is 12.5 Å². The minimum absolute atomic E-state index is 0.0585. The van der Waals surface area contributed by atoms with Gasteiger partial charge in [-0.1, -0.05) is 13.0 Å². The Morgan fingerprint density at radius 1 is 1.47 bits per heavy atom. The normalized spacial score (nSPS) is 25.7. The van der Waals surface area contributed by atoms with Crippen molar-refractivity contribution in [3.8, 4) is 0 Å². The Bertz CT molecular complexity index is 372. The van der Waals surface area contributed by atoms with Crippen molar-refractivity contribution < 1.29 is 9.50 Å². The molecule has 3 nitrogen and oxygen atoms in total. The average molecular weight is 238 g/mol. The third kappa shape index (κ3) is 3.17. The van der Waals surface area contributed by atoms with Crippen molar-refractivity contribution in [2.75, 3.05) is 31.1 Å². The summed E-state index contributed by atoms with van der Waals surface area (Å²) in [5, 5.41) is 12.6. The van der Waals surface area contributed by atoms with E-state index in [9.17, 15) is 9.50 Å². The van der Waals surface area contributed by atoms with Gasteiger partial charge in [0, 0.05) is 24.8 Å². The predicted octanol–water partition coefficient (Wildman–Crippen LogP) is 1.23. The number of benzene rings is 1. The zero-order valence-electron chi connectivity index (χ0n) is 10.1. The van der Waals surface area contributed by atoms with Crippen LogP contribution < -0.4 is 10.2 Å². The number of hydrogen-bond donors (Lipinski definition) is 2. The molecule has 2 N–H and O–H groups in total. The lowest BCUT2D eigenvalue weighted by atomic mass is 10.1. The van der Waals surface area contributed by atoms with Crippen molar-refractivity contribution >= 4 is 5.69 Å². The molecule has 94 valence electrons. The van der Waals surface area contributed by atoms with Gasteiger partial charge < -0.3 is 15.3 Å². The summed E-state index contributed by atoms with van der Waals surface area (Å²) in [5.41, 5.74) is 0.888. The molecule has 4 heteroatoms. The van der Waals surface area contributed by atoms with Crippen LogP contribution in [-0.4, -0.2) is 37.4 Å². The predicted molar refractivity (Wildman–Crippen MR) is 66.7 cm³/mol.